The van der Waals surface area contributed by atoms with E-state index in [2.05, 4.69) is 29.8 Å². The van der Waals surface area contributed by atoms with Gasteiger partial charge >= 0.3 is 0 Å². The lowest BCUT2D eigenvalue weighted by Gasteiger charge is -2.38. The van der Waals surface area contributed by atoms with Gasteiger partial charge in [-0.15, -0.1) is 0 Å². The molecule has 1 aromatic rings. The van der Waals surface area contributed by atoms with Crippen molar-refractivity contribution in [2.24, 2.45) is 5.92 Å². The van der Waals surface area contributed by atoms with E-state index in [9.17, 15) is 0 Å². The lowest BCUT2D eigenvalue weighted by atomic mass is 10.1. The van der Waals surface area contributed by atoms with Crippen LogP contribution >= 0.6 is 0 Å². The van der Waals surface area contributed by atoms with Crippen LogP contribution in [-0.2, 0) is 4.74 Å². The number of rotatable bonds is 2. The van der Waals surface area contributed by atoms with Crippen LogP contribution in [0.5, 0.6) is 0 Å². The molecule has 2 heterocycles. The minimum atomic E-state index is 0.228. The van der Waals surface area contributed by atoms with Crippen LogP contribution in [-0.4, -0.2) is 30.3 Å². The third kappa shape index (κ3) is 2.57. The van der Waals surface area contributed by atoms with E-state index in [0.29, 0.717) is 11.8 Å². The monoisotopic (exact) mass is 257 g/mol. The number of nitriles is 1. The molecule has 4 nitrogen and oxygen atoms in total. The van der Waals surface area contributed by atoms with Gasteiger partial charge < -0.3 is 9.64 Å². The number of ether oxygens (including phenoxy) is 1. The summed E-state index contributed by atoms with van der Waals surface area (Å²) in [6.45, 7) is 5.92. The fourth-order valence-corrected chi connectivity index (χ4v) is 2.79. The predicted molar refractivity (Wildman–Crippen MR) is 73.0 cm³/mol. The largest absolute Gasteiger partial charge is 0.371 e. The number of morpholine rings is 1. The van der Waals surface area contributed by atoms with Crippen LogP contribution in [0.4, 0.5) is 5.82 Å². The molecule has 2 aliphatic rings. The molecule has 2 atom stereocenters. The lowest BCUT2D eigenvalue weighted by molar-refractivity contribution is -0.0274. The molecule has 0 bridgehead atoms. The molecule has 0 unspecified atom stereocenters. The van der Waals surface area contributed by atoms with Gasteiger partial charge in [0.15, 0.2) is 0 Å². The van der Waals surface area contributed by atoms with Crippen LogP contribution in [0.25, 0.3) is 0 Å². The number of pyridine rings is 1. The average Bonchev–Trinajstić information content (AvgIpc) is 3.23. The van der Waals surface area contributed by atoms with Gasteiger partial charge in [0, 0.05) is 13.1 Å². The molecule has 0 N–H and O–H groups in total. The molecular formula is C15H19N3O. The molecule has 1 saturated carbocycles. The Morgan fingerprint density at radius 1 is 1.37 bits per heavy atom. The lowest BCUT2D eigenvalue weighted by Crippen LogP contribution is -2.48. The highest BCUT2D eigenvalue weighted by Crippen LogP contribution is 2.37. The van der Waals surface area contributed by atoms with Crippen LogP contribution in [0, 0.1) is 24.2 Å². The zero-order chi connectivity index (χ0) is 13.4. The standard InChI is InChI=1S/C15H19N3O/c1-10-3-6-13(7-16)17-15(10)18-8-11(2)19-14(9-18)12-4-5-12/h3,6,11-12,14H,4-5,8-9H2,1-2H3/t11-,14-/m0/s1. The van der Waals surface area contributed by atoms with Gasteiger partial charge in [-0.2, -0.15) is 5.26 Å². The molecule has 4 heteroatoms. The number of aromatic nitrogens is 1. The summed E-state index contributed by atoms with van der Waals surface area (Å²) in [4.78, 5) is 6.76. The number of anilines is 1. The number of hydrogen-bond donors (Lipinski definition) is 0. The van der Waals surface area contributed by atoms with E-state index in [0.717, 1.165) is 30.4 Å². The van der Waals surface area contributed by atoms with E-state index in [1.807, 2.05) is 6.07 Å². The van der Waals surface area contributed by atoms with Crippen molar-refractivity contribution in [3.05, 3.63) is 23.4 Å². The summed E-state index contributed by atoms with van der Waals surface area (Å²) in [5, 5.41) is 9.00. The Kier molecular flexibility index (Phi) is 3.16. The van der Waals surface area contributed by atoms with Crippen molar-refractivity contribution in [2.75, 3.05) is 18.0 Å². The maximum absolute atomic E-state index is 9.00. The molecule has 2 fully saturated rings. The predicted octanol–water partition coefficient (Wildman–Crippen LogP) is 2.27. The third-order valence-electron chi connectivity index (χ3n) is 3.92. The van der Waals surface area contributed by atoms with Crippen LogP contribution in [0.3, 0.4) is 0 Å². The van der Waals surface area contributed by atoms with Gasteiger partial charge in [0.2, 0.25) is 0 Å². The second-order valence-electron chi connectivity index (χ2n) is 5.68. The second-order valence-corrected chi connectivity index (χ2v) is 5.68. The first-order chi connectivity index (χ1) is 9.17. The number of nitrogens with zero attached hydrogens (tertiary/aromatic N) is 3. The van der Waals surface area contributed by atoms with Gasteiger partial charge in [0.1, 0.15) is 17.6 Å². The zero-order valence-corrected chi connectivity index (χ0v) is 11.5. The minimum Gasteiger partial charge on any atom is -0.371 e. The summed E-state index contributed by atoms with van der Waals surface area (Å²) in [6.07, 6.45) is 3.13. The molecule has 3 rings (SSSR count). The first-order valence-electron chi connectivity index (χ1n) is 6.95. The van der Waals surface area contributed by atoms with E-state index in [-0.39, 0.29) is 6.10 Å². The van der Waals surface area contributed by atoms with Gasteiger partial charge in [0.25, 0.3) is 0 Å². The Labute approximate surface area is 114 Å². The normalized spacial score (nSPS) is 27.1. The Hall–Kier alpha value is -1.60. The van der Waals surface area contributed by atoms with Crippen LogP contribution < -0.4 is 4.90 Å². The summed E-state index contributed by atoms with van der Waals surface area (Å²) >= 11 is 0. The van der Waals surface area contributed by atoms with E-state index in [4.69, 9.17) is 10.00 Å². The maximum atomic E-state index is 9.00. The summed E-state index contributed by atoms with van der Waals surface area (Å²) in [5.74, 6) is 1.67. The molecule has 100 valence electrons. The van der Waals surface area contributed by atoms with E-state index in [1.165, 1.54) is 12.8 Å². The van der Waals surface area contributed by atoms with Crippen LogP contribution in [0.15, 0.2) is 12.1 Å². The van der Waals surface area contributed by atoms with Crippen molar-refractivity contribution in [3.8, 4) is 6.07 Å². The summed E-state index contributed by atoms with van der Waals surface area (Å²) in [5.41, 5.74) is 1.62. The average molecular weight is 257 g/mol. The first-order valence-corrected chi connectivity index (χ1v) is 6.95. The summed E-state index contributed by atoms with van der Waals surface area (Å²) in [6, 6.07) is 5.88. The highest BCUT2D eigenvalue weighted by Gasteiger charge is 2.37. The Morgan fingerprint density at radius 3 is 2.84 bits per heavy atom. The molecule has 1 aliphatic carbocycles. The van der Waals surface area contributed by atoms with Crippen molar-refractivity contribution in [3.63, 3.8) is 0 Å². The number of hydrogen-bond acceptors (Lipinski definition) is 4. The molecule has 0 amide bonds. The summed E-state index contributed by atoms with van der Waals surface area (Å²) in [7, 11) is 0. The maximum Gasteiger partial charge on any atom is 0.142 e. The Balaban J connectivity index is 1.85. The van der Waals surface area contributed by atoms with Gasteiger partial charge in [-0.1, -0.05) is 6.07 Å². The SMILES string of the molecule is Cc1ccc(C#N)nc1N1C[C@@H](C2CC2)O[C@@H](C)C1. The van der Waals surface area contributed by atoms with E-state index >= 15 is 0 Å². The van der Waals surface area contributed by atoms with Crippen LogP contribution in [0.2, 0.25) is 0 Å². The van der Waals surface area contributed by atoms with Crippen molar-refractivity contribution in [2.45, 2.75) is 38.9 Å². The van der Waals surface area contributed by atoms with E-state index in [1.54, 1.807) is 6.07 Å². The highest BCUT2D eigenvalue weighted by molar-refractivity contribution is 5.49. The van der Waals surface area contributed by atoms with Crippen LogP contribution in [0.1, 0.15) is 31.0 Å². The molecule has 1 saturated heterocycles. The smallest absolute Gasteiger partial charge is 0.142 e. The topological polar surface area (TPSA) is 49.2 Å². The van der Waals surface area contributed by atoms with Crippen molar-refractivity contribution >= 4 is 5.82 Å². The van der Waals surface area contributed by atoms with Gasteiger partial charge in [-0.3, -0.25) is 0 Å². The molecule has 0 aromatic carbocycles. The van der Waals surface area contributed by atoms with Gasteiger partial charge in [-0.25, -0.2) is 4.98 Å². The molecule has 19 heavy (non-hydrogen) atoms. The van der Waals surface area contributed by atoms with Crippen molar-refractivity contribution < 1.29 is 4.74 Å². The Bertz CT molecular complexity index is 519. The molecule has 1 aliphatic heterocycles. The van der Waals surface area contributed by atoms with Gasteiger partial charge in [-0.05, 0) is 44.2 Å². The summed E-state index contributed by atoms with van der Waals surface area (Å²) < 4.78 is 6.02. The molecule has 1 aromatic heterocycles. The van der Waals surface area contributed by atoms with E-state index < -0.39 is 0 Å². The van der Waals surface area contributed by atoms with Gasteiger partial charge in [0.05, 0.1) is 12.2 Å². The third-order valence-corrected chi connectivity index (χ3v) is 3.92. The molecular weight excluding hydrogens is 238 g/mol. The molecule has 0 radical (unpaired) electrons. The highest BCUT2D eigenvalue weighted by atomic mass is 16.5. The fraction of sp³-hybridized carbons (Fsp3) is 0.600. The zero-order valence-electron chi connectivity index (χ0n) is 11.5. The second kappa shape index (κ2) is 4.82. The number of aryl methyl sites for hydroxylation is 1. The quantitative estimate of drug-likeness (QED) is 0.815. The molecule has 0 spiro atoms. The Morgan fingerprint density at radius 2 is 2.16 bits per heavy atom. The minimum absolute atomic E-state index is 0.228. The van der Waals surface area contributed by atoms with Crippen molar-refractivity contribution in [1.29, 1.82) is 5.26 Å². The fourth-order valence-electron chi connectivity index (χ4n) is 2.79. The van der Waals surface area contributed by atoms with Crippen molar-refractivity contribution in [1.82, 2.24) is 4.98 Å². The first kappa shape index (κ1) is 12.4.